The lowest BCUT2D eigenvalue weighted by atomic mass is 10.1. The van der Waals surface area contributed by atoms with E-state index in [0.717, 1.165) is 5.56 Å². The number of para-hydroxylation sites is 1. The van der Waals surface area contributed by atoms with Gasteiger partial charge in [0.05, 0.1) is 16.1 Å². The van der Waals surface area contributed by atoms with E-state index in [0.29, 0.717) is 27.9 Å². The molecule has 1 amide bonds. The molecular formula is C25H17ClFN5O3. The van der Waals surface area contributed by atoms with Crippen molar-refractivity contribution in [3.63, 3.8) is 0 Å². The first-order valence-electron chi connectivity index (χ1n) is 10.6. The minimum Gasteiger partial charge on any atom is -0.350 e. The summed E-state index contributed by atoms with van der Waals surface area (Å²) in [5, 5.41) is 7.39. The number of pyridine rings is 2. The van der Waals surface area contributed by atoms with Crippen molar-refractivity contribution in [2.24, 2.45) is 0 Å². The van der Waals surface area contributed by atoms with Gasteiger partial charge in [-0.25, -0.2) is 4.39 Å². The van der Waals surface area contributed by atoms with Crippen LogP contribution in [-0.4, -0.2) is 25.6 Å². The Hall–Kier alpha value is -4.37. The van der Waals surface area contributed by atoms with E-state index in [9.17, 15) is 14.0 Å². The third-order valence-electron chi connectivity index (χ3n) is 5.39. The maximum absolute atomic E-state index is 13.3. The second kappa shape index (κ2) is 9.47. The maximum atomic E-state index is 13.3. The first-order valence-corrected chi connectivity index (χ1v) is 10.9. The van der Waals surface area contributed by atoms with Crippen LogP contribution in [-0.2, 0) is 17.9 Å². The molecule has 5 aromatic rings. The number of aromatic nitrogens is 4. The number of nitrogens with one attached hydrogen (secondary N) is 1. The van der Waals surface area contributed by atoms with E-state index in [1.54, 1.807) is 36.7 Å². The third kappa shape index (κ3) is 4.67. The topological polar surface area (TPSA) is 103 Å². The lowest BCUT2D eigenvalue weighted by Crippen LogP contribution is -2.32. The van der Waals surface area contributed by atoms with Crippen LogP contribution in [0, 0.1) is 5.82 Å². The molecule has 0 saturated heterocycles. The Morgan fingerprint density at radius 1 is 1.09 bits per heavy atom. The van der Waals surface area contributed by atoms with E-state index in [2.05, 4.69) is 20.4 Å². The first kappa shape index (κ1) is 22.4. The fraction of sp³-hybridized carbons (Fsp3) is 0.0800. The van der Waals surface area contributed by atoms with Gasteiger partial charge >= 0.3 is 0 Å². The van der Waals surface area contributed by atoms with E-state index in [1.165, 1.54) is 28.8 Å². The number of carbonyl (C=O) groups excluding carboxylic acids is 1. The molecule has 10 heteroatoms. The molecule has 0 aliphatic rings. The van der Waals surface area contributed by atoms with Crippen LogP contribution in [0.25, 0.3) is 33.7 Å². The maximum Gasteiger partial charge on any atom is 0.259 e. The fourth-order valence-electron chi connectivity index (χ4n) is 3.68. The normalized spacial score (nSPS) is 11.0. The quantitative estimate of drug-likeness (QED) is 0.383. The largest absolute Gasteiger partial charge is 0.350 e. The Morgan fingerprint density at radius 2 is 1.89 bits per heavy atom. The van der Waals surface area contributed by atoms with Gasteiger partial charge in [0.1, 0.15) is 12.4 Å². The molecule has 5 rings (SSSR count). The highest BCUT2D eigenvalue weighted by Gasteiger charge is 2.18. The van der Waals surface area contributed by atoms with E-state index < -0.39 is 11.4 Å². The molecule has 2 aromatic carbocycles. The zero-order valence-corrected chi connectivity index (χ0v) is 18.9. The number of hydrogen-bond donors (Lipinski definition) is 1. The molecule has 1 N–H and O–H groups in total. The molecule has 0 saturated carbocycles. The molecular weight excluding hydrogens is 473 g/mol. The van der Waals surface area contributed by atoms with Gasteiger partial charge in [0, 0.05) is 36.0 Å². The van der Waals surface area contributed by atoms with Gasteiger partial charge in [-0.3, -0.25) is 19.1 Å². The third-order valence-corrected chi connectivity index (χ3v) is 5.68. The molecule has 8 nitrogen and oxygen atoms in total. The number of fused-ring (bicyclic) bond motifs is 1. The van der Waals surface area contributed by atoms with Crippen LogP contribution in [0.1, 0.15) is 5.56 Å². The summed E-state index contributed by atoms with van der Waals surface area (Å²) in [7, 11) is 0. The number of nitrogens with zero attached hydrogens (tertiary/aromatic N) is 4. The Bertz CT molecular complexity index is 1600. The Labute approximate surface area is 203 Å². The summed E-state index contributed by atoms with van der Waals surface area (Å²) < 4.78 is 20.2. The zero-order valence-electron chi connectivity index (χ0n) is 18.1. The number of carbonyl (C=O) groups is 1. The predicted octanol–water partition coefficient (Wildman–Crippen LogP) is 4.22. The van der Waals surface area contributed by atoms with Crippen LogP contribution >= 0.6 is 11.6 Å². The lowest BCUT2D eigenvalue weighted by molar-refractivity contribution is -0.121. The van der Waals surface area contributed by atoms with E-state index in [-0.39, 0.29) is 29.9 Å². The van der Waals surface area contributed by atoms with Crippen LogP contribution in [0.15, 0.2) is 82.4 Å². The van der Waals surface area contributed by atoms with Gasteiger partial charge in [0.25, 0.3) is 11.4 Å². The highest BCUT2D eigenvalue weighted by Crippen LogP contribution is 2.27. The summed E-state index contributed by atoms with van der Waals surface area (Å²) >= 11 is 5.79. The number of halogens is 2. The standard InChI is InChI=1S/C25H17ClFN5O3/c26-19-11-15(5-6-20(19)27)13-29-22(33)14-32-21-4-2-1-3-17(21)18(12-23(32)34)25-30-24(31-35-25)16-7-9-28-10-8-16/h1-12H,13-14H2,(H,29,33). The van der Waals surface area contributed by atoms with Gasteiger partial charge in [-0.05, 0) is 35.9 Å². The summed E-state index contributed by atoms with van der Waals surface area (Å²) in [6.45, 7) is -0.0655. The first-order chi connectivity index (χ1) is 17.0. The summed E-state index contributed by atoms with van der Waals surface area (Å²) in [4.78, 5) is 34.1. The molecule has 0 spiro atoms. The van der Waals surface area contributed by atoms with Crippen molar-refractivity contribution in [3.8, 4) is 22.8 Å². The van der Waals surface area contributed by atoms with Crippen LogP contribution in [0.5, 0.6) is 0 Å². The summed E-state index contributed by atoms with van der Waals surface area (Å²) in [5.74, 6) is -0.358. The van der Waals surface area contributed by atoms with E-state index in [4.69, 9.17) is 16.1 Å². The number of benzene rings is 2. The molecule has 0 atom stereocenters. The second-order valence-corrected chi connectivity index (χ2v) is 8.09. The van der Waals surface area contributed by atoms with Crippen LogP contribution in [0.3, 0.4) is 0 Å². The molecule has 0 radical (unpaired) electrons. The molecule has 174 valence electrons. The highest BCUT2D eigenvalue weighted by atomic mass is 35.5. The molecule has 0 bridgehead atoms. The second-order valence-electron chi connectivity index (χ2n) is 7.68. The predicted molar refractivity (Wildman–Crippen MR) is 128 cm³/mol. The fourth-order valence-corrected chi connectivity index (χ4v) is 3.88. The molecule has 35 heavy (non-hydrogen) atoms. The average Bonchev–Trinajstić information content (AvgIpc) is 3.37. The van der Waals surface area contributed by atoms with Crippen molar-refractivity contribution in [2.75, 3.05) is 0 Å². The highest BCUT2D eigenvalue weighted by molar-refractivity contribution is 6.30. The molecule has 0 unspecified atom stereocenters. The van der Waals surface area contributed by atoms with Crippen molar-refractivity contribution in [3.05, 3.63) is 99.8 Å². The Morgan fingerprint density at radius 3 is 2.69 bits per heavy atom. The van der Waals surface area contributed by atoms with Crippen molar-refractivity contribution in [2.45, 2.75) is 13.1 Å². The summed E-state index contributed by atoms with van der Waals surface area (Å²) in [6.07, 6.45) is 3.25. The van der Waals surface area contributed by atoms with Gasteiger partial charge < -0.3 is 9.84 Å². The van der Waals surface area contributed by atoms with Crippen molar-refractivity contribution in [1.82, 2.24) is 25.0 Å². The van der Waals surface area contributed by atoms with Crippen molar-refractivity contribution < 1.29 is 13.7 Å². The van der Waals surface area contributed by atoms with Gasteiger partial charge in [-0.2, -0.15) is 4.98 Å². The molecule has 0 aliphatic carbocycles. The lowest BCUT2D eigenvalue weighted by Gasteiger charge is -2.12. The summed E-state index contributed by atoms with van der Waals surface area (Å²) in [6, 6.07) is 16.2. The molecule has 3 aromatic heterocycles. The van der Waals surface area contributed by atoms with Gasteiger partial charge in [-0.1, -0.05) is 41.0 Å². The Balaban J connectivity index is 1.43. The number of rotatable bonds is 6. The van der Waals surface area contributed by atoms with Gasteiger partial charge in [0.15, 0.2) is 0 Å². The minimum absolute atomic E-state index is 0.0253. The SMILES string of the molecule is O=C(Cn1c(=O)cc(-c2nc(-c3ccncc3)no2)c2ccccc21)NCc1ccc(F)c(Cl)c1. The molecule has 0 aliphatic heterocycles. The van der Waals surface area contributed by atoms with Crippen LogP contribution in [0.2, 0.25) is 5.02 Å². The molecule has 0 fully saturated rings. The molecule has 3 heterocycles. The number of hydrogen-bond acceptors (Lipinski definition) is 6. The van der Waals surface area contributed by atoms with E-state index in [1.807, 2.05) is 12.1 Å². The minimum atomic E-state index is -0.533. The summed E-state index contributed by atoms with van der Waals surface area (Å²) in [5.41, 5.74) is 1.97. The Kier molecular flexibility index (Phi) is 6.07. The van der Waals surface area contributed by atoms with Crippen molar-refractivity contribution >= 4 is 28.4 Å². The zero-order chi connectivity index (χ0) is 24.4. The van der Waals surface area contributed by atoms with Crippen molar-refractivity contribution in [1.29, 1.82) is 0 Å². The van der Waals surface area contributed by atoms with Crippen LogP contribution in [0.4, 0.5) is 4.39 Å². The monoisotopic (exact) mass is 489 g/mol. The van der Waals surface area contributed by atoms with Gasteiger partial charge in [-0.15, -0.1) is 0 Å². The number of amides is 1. The smallest absolute Gasteiger partial charge is 0.259 e. The van der Waals surface area contributed by atoms with E-state index >= 15 is 0 Å². The van der Waals surface area contributed by atoms with Crippen LogP contribution < -0.4 is 10.9 Å². The average molecular weight is 490 g/mol. The van der Waals surface area contributed by atoms with Gasteiger partial charge in [0.2, 0.25) is 11.7 Å².